The quantitative estimate of drug-likeness (QED) is 0.790. The summed E-state index contributed by atoms with van der Waals surface area (Å²) in [6.07, 6.45) is 0. The highest BCUT2D eigenvalue weighted by atomic mass is 16.2. The van der Waals surface area contributed by atoms with Gasteiger partial charge in [0.15, 0.2) is 0 Å². The van der Waals surface area contributed by atoms with Gasteiger partial charge >= 0.3 is 6.03 Å². The van der Waals surface area contributed by atoms with Crippen molar-refractivity contribution in [1.29, 1.82) is 0 Å². The topological polar surface area (TPSA) is 61.4 Å². The number of benzene rings is 1. The number of amides is 3. The second-order valence-corrected chi connectivity index (χ2v) is 4.12. The van der Waals surface area contributed by atoms with Crippen molar-refractivity contribution in [2.75, 3.05) is 13.6 Å². The average Bonchev–Trinajstić information content (AvgIpc) is 2.30. The summed E-state index contributed by atoms with van der Waals surface area (Å²) in [5, 5.41) is 4.88. The maximum absolute atomic E-state index is 11.6. The summed E-state index contributed by atoms with van der Waals surface area (Å²) in [4.78, 5) is 24.5. The lowest BCUT2D eigenvalue weighted by Gasteiger charge is -2.30. The van der Waals surface area contributed by atoms with Gasteiger partial charge in [-0.2, -0.15) is 0 Å². The first kappa shape index (κ1) is 11.6. The Morgan fingerprint density at radius 2 is 2.00 bits per heavy atom. The van der Waals surface area contributed by atoms with Crippen LogP contribution < -0.4 is 10.6 Å². The van der Waals surface area contributed by atoms with Crippen LogP contribution in [0.15, 0.2) is 30.3 Å². The highest BCUT2D eigenvalue weighted by molar-refractivity contribution is 5.99. The SMILES string of the molecule is CN(Cc1ccccc1)C1CNC(=O)NC1=O. The van der Waals surface area contributed by atoms with Crippen LogP contribution in [-0.4, -0.2) is 36.5 Å². The summed E-state index contributed by atoms with van der Waals surface area (Å²) in [6.45, 7) is 1.03. The Morgan fingerprint density at radius 3 is 2.65 bits per heavy atom. The number of carbonyl (C=O) groups is 2. The van der Waals surface area contributed by atoms with Gasteiger partial charge in [0.25, 0.3) is 0 Å². The first-order chi connectivity index (χ1) is 8.16. The Balaban J connectivity index is 1.98. The molecule has 2 rings (SSSR count). The van der Waals surface area contributed by atoms with E-state index in [-0.39, 0.29) is 11.9 Å². The normalized spacial score (nSPS) is 20.0. The Bertz CT molecular complexity index is 419. The van der Waals surface area contributed by atoms with Crippen LogP contribution in [0.2, 0.25) is 0 Å². The van der Waals surface area contributed by atoms with Crippen LogP contribution in [0.3, 0.4) is 0 Å². The molecule has 1 atom stereocenters. The standard InChI is InChI=1S/C12H15N3O2/c1-15(8-9-5-3-2-4-6-9)10-7-13-12(17)14-11(10)16/h2-6,10H,7-8H2,1H3,(H2,13,14,16,17). The van der Waals surface area contributed by atoms with Crippen LogP contribution in [0.5, 0.6) is 0 Å². The number of hydrogen-bond acceptors (Lipinski definition) is 3. The van der Waals surface area contributed by atoms with Crippen molar-refractivity contribution in [1.82, 2.24) is 15.5 Å². The molecule has 3 amide bonds. The highest BCUT2D eigenvalue weighted by Crippen LogP contribution is 2.07. The molecule has 0 spiro atoms. The predicted octanol–water partition coefficient (Wildman–Crippen LogP) is 0.326. The third-order valence-corrected chi connectivity index (χ3v) is 2.80. The van der Waals surface area contributed by atoms with E-state index in [2.05, 4.69) is 10.6 Å². The van der Waals surface area contributed by atoms with E-state index in [0.717, 1.165) is 5.56 Å². The number of carbonyl (C=O) groups excluding carboxylic acids is 2. The molecule has 1 aromatic rings. The van der Waals surface area contributed by atoms with Crippen LogP contribution in [0.4, 0.5) is 4.79 Å². The number of urea groups is 1. The molecule has 1 fully saturated rings. The second kappa shape index (κ2) is 4.97. The molecular formula is C12H15N3O2. The number of hydrogen-bond donors (Lipinski definition) is 2. The summed E-state index contributed by atoms with van der Waals surface area (Å²) in [7, 11) is 1.87. The number of nitrogens with one attached hydrogen (secondary N) is 2. The molecule has 17 heavy (non-hydrogen) atoms. The van der Waals surface area contributed by atoms with Gasteiger partial charge in [-0.05, 0) is 12.6 Å². The fourth-order valence-corrected chi connectivity index (χ4v) is 1.86. The summed E-state index contributed by atoms with van der Waals surface area (Å²) in [6, 6.07) is 9.17. The van der Waals surface area contributed by atoms with Gasteiger partial charge in [-0.25, -0.2) is 4.79 Å². The molecule has 90 valence electrons. The van der Waals surface area contributed by atoms with Crippen molar-refractivity contribution in [3.8, 4) is 0 Å². The van der Waals surface area contributed by atoms with Gasteiger partial charge in [0.1, 0.15) is 6.04 Å². The molecule has 1 saturated heterocycles. The molecular weight excluding hydrogens is 218 g/mol. The van der Waals surface area contributed by atoms with Crippen LogP contribution in [-0.2, 0) is 11.3 Å². The lowest BCUT2D eigenvalue weighted by atomic mass is 10.1. The smallest absolute Gasteiger partial charge is 0.321 e. The molecule has 0 radical (unpaired) electrons. The molecule has 2 N–H and O–H groups in total. The van der Waals surface area contributed by atoms with E-state index in [4.69, 9.17) is 0 Å². The van der Waals surface area contributed by atoms with Crippen molar-refractivity contribution >= 4 is 11.9 Å². The van der Waals surface area contributed by atoms with Gasteiger partial charge in [0, 0.05) is 13.1 Å². The maximum atomic E-state index is 11.6. The molecule has 1 heterocycles. The Hall–Kier alpha value is -1.88. The predicted molar refractivity (Wildman–Crippen MR) is 63.2 cm³/mol. The monoisotopic (exact) mass is 233 g/mol. The number of rotatable bonds is 3. The van der Waals surface area contributed by atoms with Crippen LogP contribution in [0, 0.1) is 0 Å². The molecule has 5 heteroatoms. The van der Waals surface area contributed by atoms with E-state index in [0.29, 0.717) is 13.1 Å². The Morgan fingerprint density at radius 1 is 1.29 bits per heavy atom. The second-order valence-electron chi connectivity index (χ2n) is 4.12. The van der Waals surface area contributed by atoms with Gasteiger partial charge in [-0.3, -0.25) is 15.0 Å². The van der Waals surface area contributed by atoms with E-state index < -0.39 is 6.03 Å². The van der Waals surface area contributed by atoms with Crippen LogP contribution in [0.1, 0.15) is 5.56 Å². The molecule has 0 saturated carbocycles. The lowest BCUT2D eigenvalue weighted by molar-refractivity contribution is -0.125. The zero-order valence-electron chi connectivity index (χ0n) is 9.64. The summed E-state index contributed by atoms with van der Waals surface area (Å²) < 4.78 is 0. The molecule has 0 bridgehead atoms. The van der Waals surface area contributed by atoms with Gasteiger partial charge in [0.2, 0.25) is 5.91 Å². The molecule has 1 aliphatic rings. The van der Waals surface area contributed by atoms with Gasteiger partial charge in [-0.15, -0.1) is 0 Å². The first-order valence-electron chi connectivity index (χ1n) is 5.49. The zero-order valence-corrected chi connectivity index (χ0v) is 9.64. The number of imide groups is 1. The molecule has 0 aliphatic carbocycles. The van der Waals surface area contributed by atoms with Crippen molar-refractivity contribution in [2.45, 2.75) is 12.6 Å². The molecule has 1 aromatic carbocycles. The first-order valence-corrected chi connectivity index (χ1v) is 5.49. The number of likely N-dealkylation sites (N-methyl/N-ethyl adjacent to an activating group) is 1. The average molecular weight is 233 g/mol. The minimum atomic E-state index is -0.417. The van der Waals surface area contributed by atoms with E-state index in [9.17, 15) is 9.59 Å². The summed E-state index contributed by atoms with van der Waals surface area (Å²) >= 11 is 0. The van der Waals surface area contributed by atoms with Gasteiger partial charge in [-0.1, -0.05) is 30.3 Å². The minimum absolute atomic E-state index is 0.243. The minimum Gasteiger partial charge on any atom is -0.336 e. The largest absolute Gasteiger partial charge is 0.336 e. The fraction of sp³-hybridized carbons (Fsp3) is 0.333. The van der Waals surface area contributed by atoms with E-state index in [1.165, 1.54) is 0 Å². The molecule has 0 aromatic heterocycles. The van der Waals surface area contributed by atoms with E-state index in [1.54, 1.807) is 0 Å². The van der Waals surface area contributed by atoms with Crippen molar-refractivity contribution < 1.29 is 9.59 Å². The Labute approximate surface area is 99.8 Å². The van der Waals surface area contributed by atoms with Crippen LogP contribution >= 0.6 is 0 Å². The van der Waals surface area contributed by atoms with Gasteiger partial charge in [0.05, 0.1) is 0 Å². The third-order valence-electron chi connectivity index (χ3n) is 2.80. The molecule has 1 aliphatic heterocycles. The van der Waals surface area contributed by atoms with Gasteiger partial charge < -0.3 is 5.32 Å². The molecule has 5 nitrogen and oxygen atoms in total. The van der Waals surface area contributed by atoms with E-state index in [1.807, 2.05) is 42.3 Å². The fourth-order valence-electron chi connectivity index (χ4n) is 1.86. The van der Waals surface area contributed by atoms with E-state index >= 15 is 0 Å². The summed E-state index contributed by atoms with van der Waals surface area (Å²) in [5.74, 6) is -0.243. The highest BCUT2D eigenvalue weighted by Gasteiger charge is 2.29. The van der Waals surface area contributed by atoms with Crippen molar-refractivity contribution in [3.05, 3.63) is 35.9 Å². The van der Waals surface area contributed by atoms with Crippen LogP contribution in [0.25, 0.3) is 0 Å². The third kappa shape index (κ3) is 2.82. The molecule has 1 unspecified atom stereocenters. The lowest BCUT2D eigenvalue weighted by Crippen LogP contribution is -2.60. The summed E-state index contributed by atoms with van der Waals surface area (Å²) in [5.41, 5.74) is 1.14. The number of nitrogens with zero attached hydrogens (tertiary/aromatic N) is 1. The zero-order chi connectivity index (χ0) is 12.3. The maximum Gasteiger partial charge on any atom is 0.321 e. The Kier molecular flexibility index (Phi) is 3.39. The van der Waals surface area contributed by atoms with Crippen molar-refractivity contribution in [3.63, 3.8) is 0 Å². The van der Waals surface area contributed by atoms with Crippen molar-refractivity contribution in [2.24, 2.45) is 0 Å².